The molecule has 4 rings (SSSR count). The summed E-state index contributed by atoms with van der Waals surface area (Å²) in [5.74, 6) is 0. The molecule has 1 aliphatic carbocycles. The second-order valence-corrected chi connectivity index (χ2v) is 7.47. The van der Waals surface area contributed by atoms with Crippen LogP contribution < -0.4 is 5.32 Å². The number of aromatic nitrogens is 1. The Hall–Kier alpha value is -2.06. The smallest absolute Gasteiger partial charge is 0.0485 e. The number of rotatable bonds is 7. The summed E-state index contributed by atoms with van der Waals surface area (Å²) in [6, 6.07) is 20.3. The van der Waals surface area contributed by atoms with Gasteiger partial charge in [-0.3, -0.25) is 0 Å². The standard InChI is InChI=1S/C24H30N2/c1-2-26-23-17-7-6-14-20(23)21-15-10-16-22(24(21)26)25-18-9-8-13-19-11-4-3-5-12-19/h3-7,11-12,14,17,22,25H,2,8-10,13,15-16,18H2,1H3. The third-order valence-electron chi connectivity index (χ3n) is 5.81. The molecule has 1 N–H and O–H groups in total. The van der Waals surface area contributed by atoms with Crippen LogP contribution in [0.15, 0.2) is 54.6 Å². The monoisotopic (exact) mass is 346 g/mol. The van der Waals surface area contributed by atoms with Gasteiger partial charge in [0.15, 0.2) is 0 Å². The molecule has 0 spiro atoms. The van der Waals surface area contributed by atoms with Crippen LogP contribution in [0.25, 0.3) is 10.9 Å². The van der Waals surface area contributed by atoms with Crippen molar-refractivity contribution in [3.63, 3.8) is 0 Å². The number of nitrogens with zero attached hydrogens (tertiary/aromatic N) is 1. The molecule has 0 bridgehead atoms. The van der Waals surface area contributed by atoms with Gasteiger partial charge in [-0.2, -0.15) is 0 Å². The molecule has 0 saturated heterocycles. The highest BCUT2D eigenvalue weighted by atomic mass is 15.0. The molecule has 1 unspecified atom stereocenters. The lowest BCUT2D eigenvalue weighted by Crippen LogP contribution is -2.28. The summed E-state index contributed by atoms with van der Waals surface area (Å²) in [7, 11) is 0. The molecule has 2 heteroatoms. The highest BCUT2D eigenvalue weighted by Gasteiger charge is 2.26. The number of aryl methyl sites for hydroxylation is 3. The number of unbranched alkanes of at least 4 members (excludes halogenated alkanes) is 1. The highest BCUT2D eigenvalue weighted by Crippen LogP contribution is 2.37. The van der Waals surface area contributed by atoms with Crippen molar-refractivity contribution in [2.45, 2.75) is 58.0 Å². The molecule has 136 valence electrons. The molecule has 1 aliphatic rings. The van der Waals surface area contributed by atoms with E-state index in [2.05, 4.69) is 71.4 Å². The van der Waals surface area contributed by atoms with Crippen molar-refractivity contribution in [1.29, 1.82) is 0 Å². The Morgan fingerprint density at radius 1 is 1.00 bits per heavy atom. The van der Waals surface area contributed by atoms with E-state index < -0.39 is 0 Å². The molecular weight excluding hydrogens is 316 g/mol. The Morgan fingerprint density at radius 3 is 2.65 bits per heavy atom. The molecule has 0 amide bonds. The van der Waals surface area contributed by atoms with E-state index in [9.17, 15) is 0 Å². The van der Waals surface area contributed by atoms with Crippen LogP contribution in [-0.4, -0.2) is 11.1 Å². The van der Waals surface area contributed by atoms with Gasteiger partial charge in [-0.15, -0.1) is 0 Å². The lowest BCUT2D eigenvalue weighted by Gasteiger charge is -2.26. The van der Waals surface area contributed by atoms with Gasteiger partial charge in [0, 0.05) is 29.2 Å². The van der Waals surface area contributed by atoms with Gasteiger partial charge in [0.1, 0.15) is 0 Å². The molecule has 0 fully saturated rings. The van der Waals surface area contributed by atoms with Crippen LogP contribution in [0.3, 0.4) is 0 Å². The van der Waals surface area contributed by atoms with E-state index in [-0.39, 0.29) is 0 Å². The van der Waals surface area contributed by atoms with E-state index >= 15 is 0 Å². The van der Waals surface area contributed by atoms with Crippen molar-refractivity contribution in [3.05, 3.63) is 71.4 Å². The number of para-hydroxylation sites is 1. The predicted molar refractivity (Wildman–Crippen MR) is 111 cm³/mol. The Labute approximate surface area is 157 Å². The summed E-state index contributed by atoms with van der Waals surface area (Å²) in [5.41, 5.74) is 6.02. The summed E-state index contributed by atoms with van der Waals surface area (Å²) in [6.45, 7) is 4.45. The predicted octanol–water partition coefficient (Wildman–Crippen LogP) is 5.65. The minimum absolute atomic E-state index is 0.517. The van der Waals surface area contributed by atoms with Crippen LogP contribution >= 0.6 is 0 Å². The van der Waals surface area contributed by atoms with Gasteiger partial charge in [0.25, 0.3) is 0 Å². The maximum absolute atomic E-state index is 3.88. The zero-order chi connectivity index (χ0) is 17.8. The Balaban J connectivity index is 1.41. The number of fused-ring (bicyclic) bond motifs is 3. The van der Waals surface area contributed by atoms with Crippen LogP contribution in [-0.2, 0) is 19.4 Å². The summed E-state index contributed by atoms with van der Waals surface area (Å²) in [6.07, 6.45) is 7.48. The van der Waals surface area contributed by atoms with Crippen molar-refractivity contribution in [3.8, 4) is 0 Å². The fourth-order valence-corrected chi connectivity index (χ4v) is 4.59. The van der Waals surface area contributed by atoms with Gasteiger partial charge < -0.3 is 9.88 Å². The molecule has 3 aromatic rings. The first-order valence-corrected chi connectivity index (χ1v) is 10.3. The van der Waals surface area contributed by atoms with Crippen LogP contribution in [0.5, 0.6) is 0 Å². The van der Waals surface area contributed by atoms with Crippen LogP contribution in [0.2, 0.25) is 0 Å². The molecule has 2 nitrogen and oxygen atoms in total. The normalized spacial score (nSPS) is 16.7. The Morgan fingerprint density at radius 2 is 1.81 bits per heavy atom. The van der Waals surface area contributed by atoms with Crippen molar-refractivity contribution >= 4 is 10.9 Å². The molecule has 0 aliphatic heterocycles. The highest BCUT2D eigenvalue weighted by molar-refractivity contribution is 5.86. The fourth-order valence-electron chi connectivity index (χ4n) is 4.59. The molecule has 1 atom stereocenters. The second kappa shape index (κ2) is 8.09. The van der Waals surface area contributed by atoms with E-state index in [0.717, 1.165) is 13.1 Å². The molecule has 1 aromatic heterocycles. The van der Waals surface area contributed by atoms with E-state index in [4.69, 9.17) is 0 Å². The topological polar surface area (TPSA) is 17.0 Å². The minimum Gasteiger partial charge on any atom is -0.343 e. The van der Waals surface area contributed by atoms with Gasteiger partial charge in [0.05, 0.1) is 0 Å². The maximum Gasteiger partial charge on any atom is 0.0485 e. The van der Waals surface area contributed by atoms with E-state index in [1.165, 1.54) is 55.0 Å². The molecule has 1 heterocycles. The van der Waals surface area contributed by atoms with Gasteiger partial charge in [-0.1, -0.05) is 48.5 Å². The molecule has 0 radical (unpaired) electrons. The van der Waals surface area contributed by atoms with E-state index in [1.54, 1.807) is 11.3 Å². The van der Waals surface area contributed by atoms with Crippen LogP contribution in [0, 0.1) is 0 Å². The maximum atomic E-state index is 3.88. The van der Waals surface area contributed by atoms with Crippen LogP contribution in [0.4, 0.5) is 0 Å². The third kappa shape index (κ3) is 3.43. The quantitative estimate of drug-likeness (QED) is 0.547. The number of hydrogen-bond acceptors (Lipinski definition) is 1. The average Bonchev–Trinajstić information content (AvgIpc) is 3.03. The summed E-state index contributed by atoms with van der Waals surface area (Å²) < 4.78 is 2.55. The van der Waals surface area contributed by atoms with Crippen LogP contribution in [0.1, 0.15) is 55.5 Å². The number of hydrogen-bond donors (Lipinski definition) is 1. The zero-order valence-corrected chi connectivity index (χ0v) is 15.9. The van der Waals surface area contributed by atoms with Crippen molar-refractivity contribution in [2.24, 2.45) is 0 Å². The van der Waals surface area contributed by atoms with E-state index in [0.29, 0.717) is 6.04 Å². The zero-order valence-electron chi connectivity index (χ0n) is 15.9. The van der Waals surface area contributed by atoms with Crippen molar-refractivity contribution < 1.29 is 0 Å². The first kappa shape index (κ1) is 17.4. The first-order valence-electron chi connectivity index (χ1n) is 10.3. The minimum atomic E-state index is 0.517. The van der Waals surface area contributed by atoms with Crippen molar-refractivity contribution in [1.82, 2.24) is 9.88 Å². The first-order chi connectivity index (χ1) is 12.9. The summed E-state index contributed by atoms with van der Waals surface area (Å²) in [5, 5.41) is 5.35. The molecule has 2 aromatic carbocycles. The number of nitrogens with one attached hydrogen (secondary N) is 1. The molecular formula is C24H30N2. The SMILES string of the molecule is CCn1c2c(c3ccccc31)CCCC2NCCCCc1ccccc1. The van der Waals surface area contributed by atoms with Crippen molar-refractivity contribution in [2.75, 3.05) is 6.54 Å². The average molecular weight is 347 g/mol. The van der Waals surface area contributed by atoms with Gasteiger partial charge in [-0.05, 0) is 69.2 Å². The largest absolute Gasteiger partial charge is 0.343 e. The summed E-state index contributed by atoms with van der Waals surface area (Å²) >= 11 is 0. The Kier molecular flexibility index (Phi) is 5.40. The Bertz CT molecular complexity index is 814. The fraction of sp³-hybridized carbons (Fsp3) is 0.417. The van der Waals surface area contributed by atoms with Gasteiger partial charge >= 0.3 is 0 Å². The second-order valence-electron chi connectivity index (χ2n) is 7.47. The molecule has 26 heavy (non-hydrogen) atoms. The third-order valence-corrected chi connectivity index (χ3v) is 5.81. The lowest BCUT2D eigenvalue weighted by molar-refractivity contribution is 0.430. The van der Waals surface area contributed by atoms with Gasteiger partial charge in [0.2, 0.25) is 0 Å². The van der Waals surface area contributed by atoms with Gasteiger partial charge in [-0.25, -0.2) is 0 Å². The lowest BCUT2D eigenvalue weighted by atomic mass is 9.91. The molecule has 0 saturated carbocycles. The van der Waals surface area contributed by atoms with E-state index in [1.807, 2.05) is 0 Å². The number of benzene rings is 2. The summed E-state index contributed by atoms with van der Waals surface area (Å²) in [4.78, 5) is 0.